The van der Waals surface area contributed by atoms with E-state index in [1.165, 1.54) is 0 Å². The molecule has 2 aromatic rings. The monoisotopic (exact) mass is 299 g/mol. The minimum atomic E-state index is 0.724. The number of aryl methyl sites for hydroxylation is 1. The lowest BCUT2D eigenvalue weighted by molar-refractivity contribution is 0.742. The summed E-state index contributed by atoms with van der Waals surface area (Å²) in [6.07, 6.45) is 0. The van der Waals surface area contributed by atoms with E-state index in [2.05, 4.69) is 26.3 Å². The summed E-state index contributed by atoms with van der Waals surface area (Å²) in [7, 11) is 1.91. The second-order valence-electron chi connectivity index (χ2n) is 3.50. The molecule has 0 spiro atoms. The van der Waals surface area contributed by atoms with Gasteiger partial charge in [-0.3, -0.25) is 4.68 Å². The standard InChI is InChI=1S/C11H11BrClN3/c1-7-10(12)11(15-16(7)2)14-9-5-3-8(13)4-6-9/h3-6H,1-2H3,(H,14,15). The van der Waals surface area contributed by atoms with Gasteiger partial charge in [0.05, 0.1) is 10.2 Å². The molecule has 0 unspecified atom stereocenters. The number of halogens is 2. The fraction of sp³-hybridized carbons (Fsp3) is 0.182. The molecule has 0 saturated carbocycles. The molecule has 0 atom stereocenters. The van der Waals surface area contributed by atoms with Gasteiger partial charge >= 0.3 is 0 Å². The van der Waals surface area contributed by atoms with E-state index in [1.54, 1.807) is 0 Å². The molecule has 5 heteroatoms. The Kier molecular flexibility index (Phi) is 3.21. The molecule has 3 nitrogen and oxygen atoms in total. The molecular weight excluding hydrogens is 289 g/mol. The number of hydrogen-bond donors (Lipinski definition) is 1. The zero-order valence-corrected chi connectivity index (χ0v) is 11.3. The van der Waals surface area contributed by atoms with Gasteiger partial charge in [0.1, 0.15) is 0 Å². The lowest BCUT2D eigenvalue weighted by Crippen LogP contribution is -1.94. The van der Waals surface area contributed by atoms with Crippen LogP contribution in [0, 0.1) is 6.92 Å². The van der Waals surface area contributed by atoms with Gasteiger partial charge in [-0.15, -0.1) is 0 Å². The van der Waals surface area contributed by atoms with Crippen molar-refractivity contribution in [3.8, 4) is 0 Å². The average Bonchev–Trinajstić information content (AvgIpc) is 2.50. The number of aromatic nitrogens is 2. The highest BCUT2D eigenvalue weighted by atomic mass is 79.9. The van der Waals surface area contributed by atoms with Crippen LogP contribution in [0.5, 0.6) is 0 Å². The lowest BCUT2D eigenvalue weighted by atomic mass is 10.3. The number of rotatable bonds is 2. The summed E-state index contributed by atoms with van der Waals surface area (Å²) in [5, 5.41) is 8.30. The van der Waals surface area contributed by atoms with Crippen molar-refractivity contribution in [1.29, 1.82) is 0 Å². The van der Waals surface area contributed by atoms with Gasteiger partial charge in [0.25, 0.3) is 0 Å². The van der Waals surface area contributed by atoms with E-state index in [-0.39, 0.29) is 0 Å². The Morgan fingerprint density at radius 1 is 1.31 bits per heavy atom. The van der Waals surface area contributed by atoms with Gasteiger partial charge in [0, 0.05) is 17.8 Å². The first-order valence-corrected chi connectivity index (χ1v) is 5.96. The summed E-state index contributed by atoms with van der Waals surface area (Å²) >= 11 is 9.32. The minimum Gasteiger partial charge on any atom is -0.338 e. The number of nitrogens with one attached hydrogen (secondary N) is 1. The molecule has 0 radical (unpaired) electrons. The van der Waals surface area contributed by atoms with E-state index >= 15 is 0 Å². The van der Waals surface area contributed by atoms with E-state index < -0.39 is 0 Å². The number of benzene rings is 1. The van der Waals surface area contributed by atoms with Crippen molar-refractivity contribution < 1.29 is 0 Å². The zero-order chi connectivity index (χ0) is 11.7. The van der Waals surface area contributed by atoms with Gasteiger partial charge in [-0.05, 0) is 47.1 Å². The maximum atomic E-state index is 5.82. The van der Waals surface area contributed by atoms with Crippen molar-refractivity contribution in [2.75, 3.05) is 5.32 Å². The number of anilines is 2. The van der Waals surface area contributed by atoms with Gasteiger partial charge in [-0.1, -0.05) is 11.6 Å². The second-order valence-corrected chi connectivity index (χ2v) is 4.73. The molecule has 2 rings (SSSR count). The third kappa shape index (κ3) is 2.23. The Morgan fingerprint density at radius 2 is 1.94 bits per heavy atom. The van der Waals surface area contributed by atoms with Crippen LogP contribution in [0.3, 0.4) is 0 Å². The van der Waals surface area contributed by atoms with Gasteiger partial charge in [0.2, 0.25) is 0 Å². The molecular formula is C11H11BrClN3. The topological polar surface area (TPSA) is 29.9 Å². The molecule has 16 heavy (non-hydrogen) atoms. The van der Waals surface area contributed by atoms with Gasteiger partial charge in [-0.25, -0.2) is 0 Å². The Hall–Kier alpha value is -1.00. The second kappa shape index (κ2) is 4.47. The maximum Gasteiger partial charge on any atom is 0.167 e. The summed E-state index contributed by atoms with van der Waals surface area (Å²) in [6.45, 7) is 2.00. The van der Waals surface area contributed by atoms with E-state index in [1.807, 2.05) is 42.9 Å². The third-order valence-electron chi connectivity index (χ3n) is 2.37. The van der Waals surface area contributed by atoms with Crippen molar-refractivity contribution in [1.82, 2.24) is 9.78 Å². The molecule has 0 bridgehead atoms. The van der Waals surface area contributed by atoms with Gasteiger partial charge in [0.15, 0.2) is 5.82 Å². The van der Waals surface area contributed by atoms with E-state index in [0.717, 1.165) is 26.7 Å². The van der Waals surface area contributed by atoms with Crippen LogP contribution in [0.25, 0.3) is 0 Å². The Morgan fingerprint density at radius 3 is 2.44 bits per heavy atom. The van der Waals surface area contributed by atoms with Crippen LogP contribution in [-0.4, -0.2) is 9.78 Å². The van der Waals surface area contributed by atoms with Gasteiger partial charge < -0.3 is 5.32 Å². The predicted octanol–water partition coefficient (Wildman–Crippen LogP) is 3.89. The summed E-state index contributed by atoms with van der Waals surface area (Å²) in [5.74, 6) is 0.808. The highest BCUT2D eigenvalue weighted by molar-refractivity contribution is 9.10. The molecule has 84 valence electrons. The highest BCUT2D eigenvalue weighted by Gasteiger charge is 2.09. The van der Waals surface area contributed by atoms with E-state index in [9.17, 15) is 0 Å². The third-order valence-corrected chi connectivity index (χ3v) is 3.57. The van der Waals surface area contributed by atoms with Crippen molar-refractivity contribution >= 4 is 39.0 Å². The average molecular weight is 301 g/mol. The molecule has 1 aromatic carbocycles. The normalized spacial score (nSPS) is 10.5. The minimum absolute atomic E-state index is 0.724. The maximum absolute atomic E-state index is 5.82. The largest absolute Gasteiger partial charge is 0.338 e. The Bertz CT molecular complexity index is 505. The highest BCUT2D eigenvalue weighted by Crippen LogP contribution is 2.27. The molecule has 0 aliphatic rings. The summed E-state index contributed by atoms with van der Waals surface area (Å²) in [5.41, 5.74) is 2.04. The number of nitrogens with zero attached hydrogens (tertiary/aromatic N) is 2. The van der Waals surface area contributed by atoms with Crippen LogP contribution >= 0.6 is 27.5 Å². The zero-order valence-electron chi connectivity index (χ0n) is 8.96. The SMILES string of the molecule is Cc1c(Br)c(Nc2ccc(Cl)cc2)nn1C. The molecule has 1 N–H and O–H groups in total. The lowest BCUT2D eigenvalue weighted by Gasteiger charge is -2.03. The predicted molar refractivity (Wildman–Crippen MR) is 70.4 cm³/mol. The first-order valence-electron chi connectivity index (χ1n) is 4.79. The van der Waals surface area contributed by atoms with Crippen molar-refractivity contribution in [2.24, 2.45) is 7.05 Å². The first-order chi connectivity index (χ1) is 7.58. The molecule has 0 fully saturated rings. The summed E-state index contributed by atoms with van der Waals surface area (Å²) in [4.78, 5) is 0. The number of hydrogen-bond acceptors (Lipinski definition) is 2. The smallest absolute Gasteiger partial charge is 0.167 e. The summed E-state index contributed by atoms with van der Waals surface area (Å²) in [6, 6.07) is 7.51. The molecule has 0 amide bonds. The fourth-order valence-electron chi connectivity index (χ4n) is 1.33. The van der Waals surface area contributed by atoms with E-state index in [0.29, 0.717) is 0 Å². The van der Waals surface area contributed by atoms with Crippen LogP contribution in [0.1, 0.15) is 5.69 Å². The van der Waals surface area contributed by atoms with Crippen LogP contribution in [-0.2, 0) is 7.05 Å². The molecule has 1 heterocycles. The van der Waals surface area contributed by atoms with E-state index in [4.69, 9.17) is 11.6 Å². The van der Waals surface area contributed by atoms with Crippen molar-refractivity contribution in [2.45, 2.75) is 6.92 Å². The molecule has 0 aliphatic carbocycles. The summed E-state index contributed by atoms with van der Waals surface area (Å²) < 4.78 is 2.80. The molecule has 1 aromatic heterocycles. The quantitative estimate of drug-likeness (QED) is 0.912. The van der Waals surface area contributed by atoms with Gasteiger partial charge in [-0.2, -0.15) is 5.10 Å². The first kappa shape index (κ1) is 11.5. The Balaban J connectivity index is 2.27. The van der Waals surface area contributed by atoms with Crippen molar-refractivity contribution in [3.63, 3.8) is 0 Å². The fourth-order valence-corrected chi connectivity index (χ4v) is 1.89. The van der Waals surface area contributed by atoms with Crippen LogP contribution < -0.4 is 5.32 Å². The van der Waals surface area contributed by atoms with Crippen molar-refractivity contribution in [3.05, 3.63) is 39.5 Å². The Labute approximate surface area is 108 Å². The van der Waals surface area contributed by atoms with Crippen LogP contribution in [0.4, 0.5) is 11.5 Å². The van der Waals surface area contributed by atoms with Crippen LogP contribution in [0.15, 0.2) is 28.7 Å². The molecule has 0 saturated heterocycles. The van der Waals surface area contributed by atoms with Crippen LogP contribution in [0.2, 0.25) is 5.02 Å². The molecule has 0 aliphatic heterocycles.